The molecule has 1 heterocycles. The number of carbonyl (C=O) groups excluding carboxylic acids is 1. The van der Waals surface area contributed by atoms with Crippen LogP contribution in [0.1, 0.15) is 17.2 Å². The van der Waals surface area contributed by atoms with Crippen LogP contribution in [-0.4, -0.2) is 6.09 Å². The molecule has 0 saturated heterocycles. The van der Waals surface area contributed by atoms with Crippen molar-refractivity contribution in [1.29, 1.82) is 0 Å². The summed E-state index contributed by atoms with van der Waals surface area (Å²) in [6, 6.07) is 15.0. The molecule has 2 aromatic rings. The largest absolute Gasteiger partial charge is 0.413 e. The average Bonchev–Trinajstić information content (AvgIpc) is 2.51. The van der Waals surface area contributed by atoms with E-state index in [2.05, 4.69) is 21.2 Å². The van der Waals surface area contributed by atoms with E-state index in [0.29, 0.717) is 15.8 Å². The molecule has 21 heavy (non-hydrogen) atoms. The lowest BCUT2D eigenvalue weighted by molar-refractivity contribution is 0.184. The number of benzene rings is 2. The number of ether oxygens (including phenoxy) is 1. The summed E-state index contributed by atoms with van der Waals surface area (Å²) in [6.45, 7) is 0. The van der Waals surface area contributed by atoms with E-state index in [1.54, 1.807) is 12.1 Å². The minimum Gasteiger partial charge on any atom is -0.409 e. The summed E-state index contributed by atoms with van der Waals surface area (Å²) in [4.78, 5) is 11.8. The minimum atomic E-state index is -0.536. The Morgan fingerprint density at radius 1 is 1.05 bits per heavy atom. The van der Waals surface area contributed by atoms with Crippen LogP contribution in [0.5, 0.6) is 0 Å². The highest BCUT2D eigenvalue weighted by molar-refractivity contribution is 9.11. The maximum absolute atomic E-state index is 13.0. The second-order valence-corrected chi connectivity index (χ2v) is 5.42. The highest BCUT2D eigenvalue weighted by Gasteiger charge is 2.29. The normalized spacial score (nSPS) is 18.2. The van der Waals surface area contributed by atoms with E-state index in [1.807, 2.05) is 30.3 Å². The van der Waals surface area contributed by atoms with Gasteiger partial charge in [0.05, 0.1) is 10.5 Å². The molecule has 0 fully saturated rings. The van der Waals surface area contributed by atoms with Crippen molar-refractivity contribution in [2.45, 2.75) is 6.04 Å². The highest BCUT2D eigenvalue weighted by Crippen LogP contribution is 2.37. The fourth-order valence-corrected chi connectivity index (χ4v) is 2.85. The fraction of sp³-hybridized carbons (Fsp3) is 0.0625. The molecule has 0 bridgehead atoms. The van der Waals surface area contributed by atoms with Gasteiger partial charge in [-0.15, -0.1) is 0 Å². The maximum Gasteiger partial charge on any atom is 0.413 e. The molecule has 5 heteroatoms. The molecular formula is C16H11BrFNO2. The third-order valence-corrected chi connectivity index (χ3v) is 3.98. The Balaban J connectivity index is 2.05. The Hall–Kier alpha value is -2.14. The van der Waals surface area contributed by atoms with Crippen molar-refractivity contribution < 1.29 is 13.9 Å². The number of carbonyl (C=O) groups is 1. The second kappa shape index (κ2) is 5.69. The van der Waals surface area contributed by atoms with Gasteiger partial charge < -0.3 is 10.1 Å². The molecular weight excluding hydrogens is 337 g/mol. The predicted octanol–water partition coefficient (Wildman–Crippen LogP) is 4.37. The van der Waals surface area contributed by atoms with Crippen LogP contribution in [0.2, 0.25) is 0 Å². The van der Waals surface area contributed by atoms with Crippen molar-refractivity contribution >= 4 is 27.8 Å². The number of alkyl carbamates (subject to hydrolysis) is 1. The molecule has 0 aromatic heterocycles. The first kappa shape index (κ1) is 13.8. The van der Waals surface area contributed by atoms with E-state index in [4.69, 9.17) is 4.74 Å². The summed E-state index contributed by atoms with van der Waals surface area (Å²) in [5, 5.41) is 2.75. The van der Waals surface area contributed by atoms with Crippen molar-refractivity contribution in [2.75, 3.05) is 0 Å². The maximum atomic E-state index is 13.0. The lowest BCUT2D eigenvalue weighted by Gasteiger charge is -2.26. The lowest BCUT2D eigenvalue weighted by atomic mass is 10.0. The number of rotatable bonds is 2. The van der Waals surface area contributed by atoms with Gasteiger partial charge in [-0.05, 0) is 45.8 Å². The quantitative estimate of drug-likeness (QED) is 0.875. The van der Waals surface area contributed by atoms with Crippen LogP contribution in [0.4, 0.5) is 9.18 Å². The predicted molar refractivity (Wildman–Crippen MR) is 81.0 cm³/mol. The van der Waals surface area contributed by atoms with Crippen LogP contribution in [0.3, 0.4) is 0 Å². The first-order valence-corrected chi connectivity index (χ1v) is 7.13. The molecule has 1 aliphatic heterocycles. The van der Waals surface area contributed by atoms with Crippen LogP contribution >= 0.6 is 15.9 Å². The molecule has 106 valence electrons. The van der Waals surface area contributed by atoms with Crippen molar-refractivity contribution in [2.24, 2.45) is 0 Å². The number of halogens is 2. The van der Waals surface area contributed by atoms with Gasteiger partial charge in [0.15, 0.2) is 5.76 Å². The third-order valence-electron chi connectivity index (χ3n) is 3.17. The van der Waals surface area contributed by atoms with Gasteiger partial charge in [0, 0.05) is 5.56 Å². The standard InChI is InChI=1S/C16H11BrFNO2/c17-13-14(10-4-2-1-3-5-10)19-16(20)21-15(13)11-6-8-12(18)9-7-11/h1-9,14H,(H,19,20)/t14-/m0/s1. The Morgan fingerprint density at radius 2 is 1.71 bits per heavy atom. The number of nitrogens with one attached hydrogen (secondary N) is 1. The van der Waals surface area contributed by atoms with Crippen LogP contribution in [0.25, 0.3) is 5.76 Å². The van der Waals surface area contributed by atoms with Crippen molar-refractivity contribution in [1.82, 2.24) is 5.32 Å². The number of amides is 1. The number of hydrogen-bond donors (Lipinski definition) is 1. The molecule has 0 aliphatic carbocycles. The minimum absolute atomic E-state index is 0.326. The van der Waals surface area contributed by atoms with E-state index in [0.717, 1.165) is 5.56 Å². The topological polar surface area (TPSA) is 38.3 Å². The second-order valence-electron chi connectivity index (χ2n) is 4.56. The Labute approximate surface area is 129 Å². The summed E-state index contributed by atoms with van der Waals surface area (Å²) in [5.41, 5.74) is 1.57. The van der Waals surface area contributed by atoms with Gasteiger partial charge in [-0.2, -0.15) is 0 Å². The molecule has 0 saturated carbocycles. The zero-order valence-electron chi connectivity index (χ0n) is 10.8. The third kappa shape index (κ3) is 2.83. The lowest BCUT2D eigenvalue weighted by Crippen LogP contribution is -2.33. The van der Waals surface area contributed by atoms with Crippen LogP contribution < -0.4 is 5.32 Å². The smallest absolute Gasteiger partial charge is 0.409 e. The van der Waals surface area contributed by atoms with Gasteiger partial charge in [0.1, 0.15) is 5.82 Å². The molecule has 1 atom stereocenters. The highest BCUT2D eigenvalue weighted by atomic mass is 79.9. The summed E-state index contributed by atoms with van der Waals surface area (Å²) >= 11 is 3.49. The van der Waals surface area contributed by atoms with Gasteiger partial charge in [0.2, 0.25) is 0 Å². The first-order valence-electron chi connectivity index (χ1n) is 6.34. The van der Waals surface area contributed by atoms with E-state index in [-0.39, 0.29) is 11.9 Å². The van der Waals surface area contributed by atoms with Gasteiger partial charge in [-0.1, -0.05) is 30.3 Å². The molecule has 0 spiro atoms. The van der Waals surface area contributed by atoms with Crippen LogP contribution in [0.15, 0.2) is 59.1 Å². The molecule has 1 amide bonds. The van der Waals surface area contributed by atoms with Gasteiger partial charge >= 0.3 is 6.09 Å². The molecule has 3 nitrogen and oxygen atoms in total. The first-order chi connectivity index (χ1) is 10.1. The number of hydrogen-bond acceptors (Lipinski definition) is 2. The number of cyclic esters (lactones) is 1. The SMILES string of the molecule is O=C1N[C@@H](c2ccccc2)C(Br)=C(c2ccc(F)cc2)O1. The average molecular weight is 348 g/mol. The Bertz CT molecular complexity index is 698. The van der Waals surface area contributed by atoms with E-state index >= 15 is 0 Å². The summed E-state index contributed by atoms with van der Waals surface area (Å²) in [5.74, 6) is 0.0583. The van der Waals surface area contributed by atoms with Crippen molar-refractivity contribution in [3.63, 3.8) is 0 Å². The molecule has 0 radical (unpaired) electrons. The van der Waals surface area contributed by atoms with Gasteiger partial charge in [-0.3, -0.25) is 0 Å². The van der Waals surface area contributed by atoms with E-state index < -0.39 is 6.09 Å². The Morgan fingerprint density at radius 3 is 2.38 bits per heavy atom. The molecule has 1 aliphatic rings. The van der Waals surface area contributed by atoms with Crippen LogP contribution in [0, 0.1) is 5.82 Å². The van der Waals surface area contributed by atoms with E-state index in [1.165, 1.54) is 12.1 Å². The summed E-state index contributed by atoms with van der Waals surface area (Å²) in [6.07, 6.45) is -0.536. The molecule has 3 rings (SSSR count). The van der Waals surface area contributed by atoms with Crippen molar-refractivity contribution in [3.05, 3.63) is 76.0 Å². The van der Waals surface area contributed by atoms with E-state index in [9.17, 15) is 9.18 Å². The Kier molecular flexibility index (Phi) is 3.75. The molecule has 0 unspecified atom stereocenters. The zero-order chi connectivity index (χ0) is 14.8. The monoisotopic (exact) mass is 347 g/mol. The van der Waals surface area contributed by atoms with Gasteiger partial charge in [0.25, 0.3) is 0 Å². The van der Waals surface area contributed by atoms with Gasteiger partial charge in [-0.25, -0.2) is 9.18 Å². The van der Waals surface area contributed by atoms with Crippen LogP contribution in [-0.2, 0) is 4.74 Å². The van der Waals surface area contributed by atoms with Crippen molar-refractivity contribution in [3.8, 4) is 0 Å². The molecule has 2 aromatic carbocycles. The zero-order valence-corrected chi connectivity index (χ0v) is 12.4. The fourth-order valence-electron chi connectivity index (χ4n) is 2.16. The summed E-state index contributed by atoms with van der Waals surface area (Å²) in [7, 11) is 0. The summed E-state index contributed by atoms with van der Waals surface area (Å²) < 4.78 is 19.0. The molecule has 1 N–H and O–H groups in total.